The van der Waals surface area contributed by atoms with Crippen LogP contribution in [-0.2, 0) is 11.2 Å². The van der Waals surface area contributed by atoms with Crippen LogP contribution in [0.3, 0.4) is 0 Å². The molecule has 0 bridgehead atoms. The first-order valence-electron chi connectivity index (χ1n) is 7.24. The zero-order valence-corrected chi connectivity index (χ0v) is 13.0. The van der Waals surface area contributed by atoms with E-state index in [1.807, 2.05) is 12.2 Å². The van der Waals surface area contributed by atoms with Gasteiger partial charge in [0.2, 0.25) is 0 Å². The summed E-state index contributed by atoms with van der Waals surface area (Å²) in [5.74, 6) is -1.95. The van der Waals surface area contributed by atoms with E-state index in [1.54, 1.807) is 24.3 Å². The Bertz CT molecular complexity index is 530. The van der Waals surface area contributed by atoms with Gasteiger partial charge in [0.1, 0.15) is 0 Å². The van der Waals surface area contributed by atoms with Gasteiger partial charge in [-0.15, -0.1) is 0 Å². The van der Waals surface area contributed by atoms with Crippen molar-refractivity contribution in [3.8, 4) is 0 Å². The highest BCUT2D eigenvalue weighted by Gasteiger charge is 2.39. The molecule has 128 valence electrons. The van der Waals surface area contributed by atoms with Crippen molar-refractivity contribution in [1.82, 2.24) is 10.6 Å². The van der Waals surface area contributed by atoms with Gasteiger partial charge in [-0.2, -0.15) is 13.2 Å². The molecule has 0 aromatic heterocycles. The minimum atomic E-state index is -4.88. The number of benzene rings is 1. The molecule has 0 saturated carbocycles. The summed E-state index contributed by atoms with van der Waals surface area (Å²) in [5, 5.41) is 7.19. The number of urea groups is 1. The Morgan fingerprint density at radius 1 is 1.17 bits per heavy atom. The summed E-state index contributed by atoms with van der Waals surface area (Å²) < 4.78 is 36.5. The van der Waals surface area contributed by atoms with Crippen LogP contribution in [0.15, 0.2) is 24.3 Å². The number of rotatable bonds is 6. The summed E-state index contributed by atoms with van der Waals surface area (Å²) in [6.07, 6.45) is -3.80. The molecule has 0 saturated heterocycles. The van der Waals surface area contributed by atoms with E-state index in [0.717, 1.165) is 12.0 Å². The van der Waals surface area contributed by atoms with Crippen LogP contribution in [0.1, 0.15) is 25.8 Å². The lowest BCUT2D eigenvalue weighted by Crippen LogP contribution is -2.42. The third-order valence-electron chi connectivity index (χ3n) is 2.92. The van der Waals surface area contributed by atoms with Crippen molar-refractivity contribution < 1.29 is 22.8 Å². The van der Waals surface area contributed by atoms with Gasteiger partial charge < -0.3 is 16.0 Å². The van der Waals surface area contributed by atoms with Crippen molar-refractivity contribution in [2.24, 2.45) is 0 Å². The molecule has 0 aliphatic carbocycles. The lowest BCUT2D eigenvalue weighted by atomic mass is 10.1. The van der Waals surface area contributed by atoms with Crippen LogP contribution in [0.5, 0.6) is 0 Å². The lowest BCUT2D eigenvalue weighted by molar-refractivity contribution is -0.174. The number of alkyl halides is 3. The first kappa shape index (κ1) is 18.8. The van der Waals surface area contributed by atoms with Crippen LogP contribution < -0.4 is 16.0 Å². The predicted octanol–water partition coefficient (Wildman–Crippen LogP) is 2.83. The van der Waals surface area contributed by atoms with Crippen LogP contribution in [0.2, 0.25) is 0 Å². The second-order valence-electron chi connectivity index (χ2n) is 5.15. The molecule has 1 aromatic carbocycles. The molecule has 3 N–H and O–H groups in total. The monoisotopic (exact) mass is 331 g/mol. The zero-order valence-electron chi connectivity index (χ0n) is 13.0. The normalized spacial score (nSPS) is 12.4. The van der Waals surface area contributed by atoms with E-state index >= 15 is 0 Å². The number of hydrogen-bond donors (Lipinski definition) is 3. The Hall–Kier alpha value is -2.25. The number of carbonyl (C=O) groups excluding carboxylic acids is 2. The minimum Gasteiger partial charge on any atom is -0.345 e. The Labute approximate surface area is 132 Å². The van der Waals surface area contributed by atoms with Gasteiger partial charge in [0, 0.05) is 18.3 Å². The SMILES string of the molecule is CCCNC(=O)Nc1ccc(CC(C)NC(=O)C(F)(F)F)cc1. The standard InChI is InChI=1S/C15H20F3N3O2/c1-3-8-19-14(23)21-12-6-4-11(5-7-12)9-10(2)20-13(22)15(16,17)18/h4-7,10H,3,8-9H2,1-2H3,(H,20,22)(H2,19,21,23). The van der Waals surface area contributed by atoms with Crippen LogP contribution in [0.4, 0.5) is 23.7 Å². The molecule has 1 unspecified atom stereocenters. The van der Waals surface area contributed by atoms with E-state index in [1.165, 1.54) is 6.92 Å². The fraction of sp³-hybridized carbons (Fsp3) is 0.467. The molecule has 1 atom stereocenters. The minimum absolute atomic E-state index is 0.254. The van der Waals surface area contributed by atoms with E-state index in [0.29, 0.717) is 12.2 Å². The van der Waals surface area contributed by atoms with Gasteiger partial charge in [0.15, 0.2) is 0 Å². The number of anilines is 1. The number of carbonyl (C=O) groups is 2. The third-order valence-corrected chi connectivity index (χ3v) is 2.92. The van der Waals surface area contributed by atoms with E-state index in [-0.39, 0.29) is 12.5 Å². The van der Waals surface area contributed by atoms with Gasteiger partial charge in [-0.25, -0.2) is 4.79 Å². The molecule has 3 amide bonds. The highest BCUT2D eigenvalue weighted by atomic mass is 19.4. The maximum atomic E-state index is 12.2. The van der Waals surface area contributed by atoms with Gasteiger partial charge in [-0.3, -0.25) is 4.79 Å². The molecule has 1 aromatic rings. The molecule has 0 aliphatic heterocycles. The van der Waals surface area contributed by atoms with Crippen molar-refractivity contribution >= 4 is 17.6 Å². The molecule has 1 rings (SSSR count). The second kappa shape index (κ2) is 8.40. The summed E-state index contributed by atoms with van der Waals surface area (Å²) in [6.45, 7) is 4.00. The largest absolute Gasteiger partial charge is 0.471 e. The molecule has 5 nitrogen and oxygen atoms in total. The van der Waals surface area contributed by atoms with E-state index < -0.39 is 18.1 Å². The fourth-order valence-corrected chi connectivity index (χ4v) is 1.85. The van der Waals surface area contributed by atoms with E-state index in [9.17, 15) is 22.8 Å². The molecular weight excluding hydrogens is 311 g/mol. The smallest absolute Gasteiger partial charge is 0.345 e. The Kier molecular flexibility index (Phi) is 6.87. The maximum absolute atomic E-state index is 12.2. The first-order chi connectivity index (χ1) is 10.7. The topological polar surface area (TPSA) is 70.2 Å². The first-order valence-corrected chi connectivity index (χ1v) is 7.24. The van der Waals surface area contributed by atoms with E-state index in [2.05, 4.69) is 10.6 Å². The van der Waals surface area contributed by atoms with Crippen LogP contribution in [0, 0.1) is 0 Å². The number of amides is 3. The Morgan fingerprint density at radius 2 is 1.78 bits per heavy atom. The van der Waals surface area contributed by atoms with Gasteiger partial charge >= 0.3 is 18.1 Å². The van der Waals surface area contributed by atoms with Crippen molar-refractivity contribution in [2.75, 3.05) is 11.9 Å². The second-order valence-corrected chi connectivity index (χ2v) is 5.15. The molecule has 0 radical (unpaired) electrons. The maximum Gasteiger partial charge on any atom is 0.471 e. The number of hydrogen-bond acceptors (Lipinski definition) is 2. The van der Waals surface area contributed by atoms with Gasteiger partial charge in [-0.05, 0) is 37.5 Å². The summed E-state index contributed by atoms with van der Waals surface area (Å²) in [7, 11) is 0. The molecular formula is C15H20F3N3O2. The highest BCUT2D eigenvalue weighted by molar-refractivity contribution is 5.89. The zero-order chi connectivity index (χ0) is 17.5. The quantitative estimate of drug-likeness (QED) is 0.750. The molecule has 0 heterocycles. The Balaban J connectivity index is 2.50. The summed E-state index contributed by atoms with van der Waals surface area (Å²) in [6, 6.07) is 5.71. The average Bonchev–Trinajstić information content (AvgIpc) is 2.46. The van der Waals surface area contributed by atoms with Crippen molar-refractivity contribution in [3.63, 3.8) is 0 Å². The molecule has 0 fully saturated rings. The molecule has 23 heavy (non-hydrogen) atoms. The summed E-state index contributed by atoms with van der Waals surface area (Å²) in [5.41, 5.74) is 1.33. The van der Waals surface area contributed by atoms with Gasteiger partial charge in [0.25, 0.3) is 0 Å². The summed E-state index contributed by atoms with van der Waals surface area (Å²) in [4.78, 5) is 22.3. The van der Waals surface area contributed by atoms with Crippen LogP contribution in [-0.4, -0.2) is 30.7 Å². The number of nitrogens with one attached hydrogen (secondary N) is 3. The van der Waals surface area contributed by atoms with Gasteiger partial charge in [-0.1, -0.05) is 19.1 Å². The van der Waals surface area contributed by atoms with Gasteiger partial charge in [0.05, 0.1) is 0 Å². The van der Waals surface area contributed by atoms with Crippen molar-refractivity contribution in [2.45, 2.75) is 38.9 Å². The molecule has 8 heteroatoms. The highest BCUT2D eigenvalue weighted by Crippen LogP contribution is 2.15. The average molecular weight is 331 g/mol. The lowest BCUT2D eigenvalue weighted by Gasteiger charge is -2.15. The fourth-order valence-electron chi connectivity index (χ4n) is 1.85. The van der Waals surface area contributed by atoms with Crippen molar-refractivity contribution in [1.29, 1.82) is 0 Å². The van der Waals surface area contributed by atoms with Crippen molar-refractivity contribution in [3.05, 3.63) is 29.8 Å². The summed E-state index contributed by atoms with van der Waals surface area (Å²) >= 11 is 0. The van der Waals surface area contributed by atoms with Crippen LogP contribution >= 0.6 is 0 Å². The third kappa shape index (κ3) is 7.03. The predicted molar refractivity (Wildman–Crippen MR) is 81.1 cm³/mol. The molecule has 0 aliphatic rings. The van der Waals surface area contributed by atoms with Crippen LogP contribution in [0.25, 0.3) is 0 Å². The van der Waals surface area contributed by atoms with E-state index in [4.69, 9.17) is 0 Å². The number of halogens is 3. The Morgan fingerprint density at radius 3 is 2.30 bits per heavy atom. The molecule has 0 spiro atoms.